The maximum atomic E-state index is 12.2. The van der Waals surface area contributed by atoms with Crippen molar-refractivity contribution in [1.82, 2.24) is 14.5 Å². The Bertz CT molecular complexity index is 382. The molecule has 1 amide bonds. The zero-order chi connectivity index (χ0) is 11.5. The molecule has 0 aliphatic carbocycles. The first-order valence-electron chi connectivity index (χ1n) is 5.42. The molecule has 1 fully saturated rings. The van der Waals surface area contributed by atoms with Gasteiger partial charge in [-0.2, -0.15) is 0 Å². The minimum Gasteiger partial charge on any atom is -0.338 e. The Morgan fingerprint density at radius 3 is 3.12 bits per heavy atom. The van der Waals surface area contributed by atoms with E-state index in [1.165, 1.54) is 11.5 Å². The summed E-state index contributed by atoms with van der Waals surface area (Å²) < 4.78 is 3.86. The molecule has 1 saturated heterocycles. The lowest BCUT2D eigenvalue weighted by Gasteiger charge is -2.14. The highest BCUT2D eigenvalue weighted by Gasteiger charge is 2.28. The van der Waals surface area contributed by atoms with E-state index in [9.17, 15) is 4.79 Å². The summed E-state index contributed by atoms with van der Waals surface area (Å²) in [5.41, 5.74) is 0.831. The average Bonchev–Trinajstić information content (AvgIpc) is 2.96. The molecule has 4 nitrogen and oxygen atoms in total. The van der Waals surface area contributed by atoms with Crippen LogP contribution in [0.2, 0.25) is 0 Å². The second kappa shape index (κ2) is 5.23. The van der Waals surface area contributed by atoms with E-state index < -0.39 is 0 Å². The lowest BCUT2D eigenvalue weighted by Crippen LogP contribution is -2.28. The lowest BCUT2D eigenvalue weighted by molar-refractivity contribution is 0.0792. The summed E-state index contributed by atoms with van der Waals surface area (Å²) in [6.07, 6.45) is 1.86. The molecule has 88 valence electrons. The van der Waals surface area contributed by atoms with Crippen LogP contribution in [0, 0.1) is 5.92 Å². The third-order valence-corrected chi connectivity index (χ3v) is 4.55. The van der Waals surface area contributed by atoms with Gasteiger partial charge in [0.05, 0.1) is 5.69 Å². The molecule has 0 N–H and O–H groups in total. The molecule has 1 aromatic heterocycles. The van der Waals surface area contributed by atoms with Crippen LogP contribution in [0.4, 0.5) is 0 Å². The zero-order valence-corrected chi connectivity index (χ0v) is 11.6. The molecule has 0 spiro atoms. The molecule has 0 aromatic carbocycles. The molecule has 16 heavy (non-hydrogen) atoms. The Morgan fingerprint density at radius 1 is 1.69 bits per heavy atom. The molecule has 0 bridgehead atoms. The molecule has 6 heteroatoms. The molecule has 2 rings (SSSR count). The normalized spacial score (nSPS) is 20.4. The standard InChI is InChI=1S/C10H14BrN3OS/c1-2-8-9(16-13-12-8)10(15)14-4-3-7(5-11)6-14/h7H,2-6H2,1H3. The summed E-state index contributed by atoms with van der Waals surface area (Å²) in [6, 6.07) is 0. The number of amides is 1. The van der Waals surface area contributed by atoms with Gasteiger partial charge in [0, 0.05) is 18.4 Å². The van der Waals surface area contributed by atoms with Gasteiger partial charge in [0.25, 0.3) is 5.91 Å². The molecule has 0 saturated carbocycles. The van der Waals surface area contributed by atoms with E-state index in [4.69, 9.17) is 0 Å². The third-order valence-electron chi connectivity index (χ3n) is 2.88. The highest BCUT2D eigenvalue weighted by molar-refractivity contribution is 9.09. The van der Waals surface area contributed by atoms with Crippen molar-refractivity contribution in [3.63, 3.8) is 0 Å². The van der Waals surface area contributed by atoms with E-state index >= 15 is 0 Å². The number of aryl methyl sites for hydroxylation is 1. The van der Waals surface area contributed by atoms with Crippen molar-refractivity contribution in [2.75, 3.05) is 18.4 Å². The summed E-state index contributed by atoms with van der Waals surface area (Å²) in [7, 11) is 0. The molecule has 1 aliphatic rings. The number of carbonyl (C=O) groups is 1. The van der Waals surface area contributed by atoms with Crippen LogP contribution in [0.3, 0.4) is 0 Å². The number of alkyl halides is 1. The van der Waals surface area contributed by atoms with Crippen LogP contribution in [0.1, 0.15) is 28.7 Å². The molecule has 1 aromatic rings. The van der Waals surface area contributed by atoms with Crippen LogP contribution < -0.4 is 0 Å². The fourth-order valence-corrected chi connectivity index (χ4v) is 3.14. The fraction of sp³-hybridized carbons (Fsp3) is 0.700. The SMILES string of the molecule is CCc1nnsc1C(=O)N1CCC(CBr)C1. The van der Waals surface area contributed by atoms with Crippen molar-refractivity contribution in [2.24, 2.45) is 5.92 Å². The van der Waals surface area contributed by atoms with Gasteiger partial charge in [-0.25, -0.2) is 0 Å². The van der Waals surface area contributed by atoms with Gasteiger partial charge in [0.2, 0.25) is 0 Å². The van der Waals surface area contributed by atoms with Crippen molar-refractivity contribution in [3.05, 3.63) is 10.6 Å². The molecule has 1 aliphatic heterocycles. The first-order chi connectivity index (χ1) is 7.76. The van der Waals surface area contributed by atoms with E-state index in [1.54, 1.807) is 0 Å². The van der Waals surface area contributed by atoms with Crippen molar-refractivity contribution in [1.29, 1.82) is 0 Å². The van der Waals surface area contributed by atoms with Gasteiger partial charge in [-0.05, 0) is 30.3 Å². The van der Waals surface area contributed by atoms with E-state index in [0.717, 1.165) is 41.8 Å². The molecular formula is C10H14BrN3OS. The van der Waals surface area contributed by atoms with Crippen molar-refractivity contribution in [2.45, 2.75) is 19.8 Å². The molecule has 2 heterocycles. The summed E-state index contributed by atoms with van der Waals surface area (Å²) in [5, 5.41) is 4.95. The van der Waals surface area contributed by atoms with E-state index in [-0.39, 0.29) is 5.91 Å². The topological polar surface area (TPSA) is 46.1 Å². The third kappa shape index (κ3) is 2.27. The maximum Gasteiger partial charge on any atom is 0.267 e. The fourth-order valence-electron chi connectivity index (χ4n) is 1.89. The first kappa shape index (κ1) is 12.0. The maximum absolute atomic E-state index is 12.2. The second-order valence-corrected chi connectivity index (χ2v) is 5.36. The van der Waals surface area contributed by atoms with Crippen LogP contribution in [0.25, 0.3) is 0 Å². The summed E-state index contributed by atoms with van der Waals surface area (Å²) in [4.78, 5) is 14.8. The van der Waals surface area contributed by atoms with E-state index in [0.29, 0.717) is 5.92 Å². The van der Waals surface area contributed by atoms with Gasteiger partial charge < -0.3 is 4.90 Å². The van der Waals surface area contributed by atoms with Gasteiger partial charge in [0.15, 0.2) is 0 Å². The van der Waals surface area contributed by atoms with Gasteiger partial charge in [-0.15, -0.1) is 5.10 Å². The number of hydrogen-bond acceptors (Lipinski definition) is 4. The molecule has 0 radical (unpaired) electrons. The Balaban J connectivity index is 2.08. The molecule has 1 unspecified atom stereocenters. The van der Waals surface area contributed by atoms with Crippen LogP contribution >= 0.6 is 27.5 Å². The second-order valence-electron chi connectivity index (χ2n) is 3.96. The van der Waals surface area contributed by atoms with Gasteiger partial charge in [-0.1, -0.05) is 27.3 Å². The average molecular weight is 304 g/mol. The first-order valence-corrected chi connectivity index (χ1v) is 7.32. The highest BCUT2D eigenvalue weighted by Crippen LogP contribution is 2.22. The number of halogens is 1. The highest BCUT2D eigenvalue weighted by atomic mass is 79.9. The van der Waals surface area contributed by atoms with Gasteiger partial charge >= 0.3 is 0 Å². The lowest BCUT2D eigenvalue weighted by atomic mass is 10.2. The smallest absolute Gasteiger partial charge is 0.267 e. The predicted molar refractivity (Wildman–Crippen MR) is 67.1 cm³/mol. The Hall–Kier alpha value is -0.490. The van der Waals surface area contributed by atoms with E-state index in [1.807, 2.05) is 11.8 Å². The summed E-state index contributed by atoms with van der Waals surface area (Å²) >= 11 is 4.68. The van der Waals surface area contributed by atoms with Gasteiger partial charge in [0.1, 0.15) is 4.88 Å². The van der Waals surface area contributed by atoms with Crippen LogP contribution in [0.15, 0.2) is 0 Å². The van der Waals surface area contributed by atoms with Crippen LogP contribution in [-0.2, 0) is 6.42 Å². The monoisotopic (exact) mass is 303 g/mol. The minimum absolute atomic E-state index is 0.107. The van der Waals surface area contributed by atoms with Crippen molar-refractivity contribution >= 4 is 33.4 Å². The summed E-state index contributed by atoms with van der Waals surface area (Å²) in [6.45, 7) is 3.71. The number of carbonyl (C=O) groups excluding carboxylic acids is 1. The number of rotatable bonds is 3. The number of hydrogen-bond donors (Lipinski definition) is 0. The van der Waals surface area contributed by atoms with Crippen LogP contribution in [0.5, 0.6) is 0 Å². The van der Waals surface area contributed by atoms with Crippen molar-refractivity contribution in [3.8, 4) is 0 Å². The van der Waals surface area contributed by atoms with E-state index in [2.05, 4.69) is 25.5 Å². The summed E-state index contributed by atoms with van der Waals surface area (Å²) in [5.74, 6) is 0.699. The van der Waals surface area contributed by atoms with Crippen LogP contribution in [-0.4, -0.2) is 38.8 Å². The molecular weight excluding hydrogens is 290 g/mol. The quantitative estimate of drug-likeness (QED) is 0.802. The number of likely N-dealkylation sites (tertiary alicyclic amines) is 1. The Labute approximate surface area is 107 Å². The zero-order valence-electron chi connectivity index (χ0n) is 9.15. The largest absolute Gasteiger partial charge is 0.338 e. The Morgan fingerprint density at radius 2 is 2.50 bits per heavy atom. The number of aromatic nitrogens is 2. The minimum atomic E-state index is 0.107. The van der Waals surface area contributed by atoms with Crippen molar-refractivity contribution < 1.29 is 4.79 Å². The predicted octanol–water partition coefficient (Wildman–Crippen LogP) is 1.96. The number of nitrogens with zero attached hydrogens (tertiary/aromatic N) is 3. The van der Waals surface area contributed by atoms with Gasteiger partial charge in [-0.3, -0.25) is 4.79 Å². The Kier molecular flexibility index (Phi) is 3.91. The molecule has 1 atom stereocenters.